The smallest absolute Gasteiger partial charge is 0.226 e. The van der Waals surface area contributed by atoms with Crippen molar-refractivity contribution in [2.24, 2.45) is 0 Å². The van der Waals surface area contributed by atoms with E-state index in [2.05, 4.69) is 30.8 Å². The van der Waals surface area contributed by atoms with E-state index in [-0.39, 0.29) is 0 Å². The van der Waals surface area contributed by atoms with Crippen molar-refractivity contribution >= 4 is 22.8 Å². The number of rotatable bonds is 5. The van der Waals surface area contributed by atoms with Crippen LogP contribution >= 0.6 is 0 Å². The van der Waals surface area contributed by atoms with Crippen molar-refractivity contribution in [1.29, 1.82) is 0 Å². The molecule has 1 aliphatic heterocycles. The monoisotopic (exact) mass is 262 g/mol. The summed E-state index contributed by atoms with van der Waals surface area (Å²) >= 11 is 0. The number of hydrogen-bond acceptors (Lipinski definition) is 6. The normalized spacial score (nSPS) is 18.9. The van der Waals surface area contributed by atoms with E-state index in [1.54, 1.807) is 13.2 Å². The third-order valence-electron chi connectivity index (χ3n) is 3.32. The Hall–Kier alpha value is -1.89. The minimum atomic E-state index is 0.387. The lowest BCUT2D eigenvalue weighted by atomic mass is 10.2. The van der Waals surface area contributed by atoms with Crippen LogP contribution in [0.2, 0.25) is 0 Å². The van der Waals surface area contributed by atoms with E-state index in [1.165, 1.54) is 6.42 Å². The number of nitrogens with one attached hydrogen (secondary N) is 3. The van der Waals surface area contributed by atoms with Gasteiger partial charge in [0.25, 0.3) is 0 Å². The topological polar surface area (TPSA) is 87.8 Å². The Morgan fingerprint density at radius 1 is 1.47 bits per heavy atom. The number of anilines is 2. The Morgan fingerprint density at radius 3 is 3.21 bits per heavy atom. The molecule has 3 rings (SSSR count). The highest BCUT2D eigenvalue weighted by atomic mass is 16.5. The van der Waals surface area contributed by atoms with Crippen molar-refractivity contribution in [3.8, 4) is 0 Å². The zero-order valence-corrected chi connectivity index (χ0v) is 10.9. The van der Waals surface area contributed by atoms with E-state index in [0.29, 0.717) is 12.1 Å². The van der Waals surface area contributed by atoms with Crippen LogP contribution in [0.15, 0.2) is 6.20 Å². The van der Waals surface area contributed by atoms with Gasteiger partial charge >= 0.3 is 0 Å². The highest BCUT2D eigenvalue weighted by molar-refractivity contribution is 5.86. The first-order valence-corrected chi connectivity index (χ1v) is 6.61. The fourth-order valence-electron chi connectivity index (χ4n) is 2.31. The second kappa shape index (κ2) is 5.40. The largest absolute Gasteiger partial charge is 0.378 e. The molecule has 7 heteroatoms. The summed E-state index contributed by atoms with van der Waals surface area (Å²) in [6.45, 7) is 1.74. The van der Waals surface area contributed by atoms with Crippen molar-refractivity contribution in [1.82, 2.24) is 20.2 Å². The van der Waals surface area contributed by atoms with Crippen LogP contribution in [0.4, 0.5) is 11.8 Å². The summed E-state index contributed by atoms with van der Waals surface area (Å²) in [5.74, 6) is 1.39. The Morgan fingerprint density at radius 2 is 2.42 bits per heavy atom. The van der Waals surface area contributed by atoms with E-state index >= 15 is 0 Å². The molecule has 0 aliphatic carbocycles. The molecule has 3 N–H and O–H groups in total. The number of fused-ring (bicyclic) bond motifs is 1. The highest BCUT2D eigenvalue weighted by Gasteiger charge is 2.15. The molecule has 7 nitrogen and oxygen atoms in total. The number of ether oxygens (including phenoxy) is 1. The predicted molar refractivity (Wildman–Crippen MR) is 73.3 cm³/mol. The maximum Gasteiger partial charge on any atom is 0.226 e. The second-order valence-corrected chi connectivity index (χ2v) is 4.63. The number of nitrogens with zero attached hydrogens (tertiary/aromatic N) is 3. The lowest BCUT2D eigenvalue weighted by Crippen LogP contribution is -2.13. The molecule has 0 radical (unpaired) electrons. The van der Waals surface area contributed by atoms with E-state index in [0.717, 1.165) is 42.8 Å². The first-order valence-electron chi connectivity index (χ1n) is 6.61. The molecule has 0 amide bonds. The van der Waals surface area contributed by atoms with E-state index in [4.69, 9.17) is 4.74 Å². The summed E-state index contributed by atoms with van der Waals surface area (Å²) in [6.07, 6.45) is 5.46. The maximum absolute atomic E-state index is 5.60. The van der Waals surface area contributed by atoms with Gasteiger partial charge in [-0.3, -0.25) is 5.10 Å². The van der Waals surface area contributed by atoms with Gasteiger partial charge in [0.2, 0.25) is 5.95 Å². The molecule has 0 bridgehead atoms. The molecule has 1 fully saturated rings. The van der Waals surface area contributed by atoms with E-state index in [9.17, 15) is 0 Å². The van der Waals surface area contributed by atoms with Gasteiger partial charge in [-0.2, -0.15) is 15.1 Å². The molecule has 1 unspecified atom stereocenters. The van der Waals surface area contributed by atoms with Gasteiger partial charge in [0, 0.05) is 20.2 Å². The standard InChI is InChI=1S/C12H18N6O/c1-13-12-16-10(9-7-15-18-11(9)17-12)14-5-4-8-3-2-6-19-8/h7-8H,2-6H2,1H3,(H3,13,14,15,16,17,18). The lowest BCUT2D eigenvalue weighted by Gasteiger charge is -2.11. The van der Waals surface area contributed by atoms with Gasteiger partial charge in [-0.1, -0.05) is 0 Å². The summed E-state index contributed by atoms with van der Waals surface area (Å²) in [7, 11) is 1.80. The summed E-state index contributed by atoms with van der Waals surface area (Å²) in [5, 5.41) is 14.1. The molecular formula is C12H18N6O. The predicted octanol–water partition coefficient (Wildman–Crippen LogP) is 1.38. The number of aromatic nitrogens is 4. The van der Waals surface area contributed by atoms with Crippen LogP contribution < -0.4 is 10.6 Å². The van der Waals surface area contributed by atoms with Crippen LogP contribution in [0, 0.1) is 0 Å². The molecule has 102 valence electrons. The van der Waals surface area contributed by atoms with Crippen molar-refractivity contribution in [3.05, 3.63) is 6.20 Å². The molecule has 1 aliphatic rings. The Labute approximate surface area is 111 Å². The highest BCUT2D eigenvalue weighted by Crippen LogP contribution is 2.20. The van der Waals surface area contributed by atoms with Gasteiger partial charge in [-0.05, 0) is 19.3 Å². The lowest BCUT2D eigenvalue weighted by molar-refractivity contribution is 0.107. The molecule has 1 saturated heterocycles. The molecular weight excluding hydrogens is 244 g/mol. The van der Waals surface area contributed by atoms with Gasteiger partial charge in [-0.15, -0.1) is 0 Å². The SMILES string of the molecule is CNc1nc(NCCC2CCCO2)c2cn[nH]c2n1. The average Bonchev–Trinajstić information content (AvgIpc) is 3.08. The zero-order valence-electron chi connectivity index (χ0n) is 10.9. The third-order valence-corrected chi connectivity index (χ3v) is 3.32. The molecule has 3 heterocycles. The third kappa shape index (κ3) is 2.60. The van der Waals surface area contributed by atoms with Gasteiger partial charge in [0.05, 0.1) is 17.7 Å². The summed E-state index contributed by atoms with van der Waals surface area (Å²) in [4.78, 5) is 8.72. The molecule has 2 aromatic heterocycles. The van der Waals surface area contributed by atoms with Crippen LogP contribution in [0.5, 0.6) is 0 Å². The molecule has 19 heavy (non-hydrogen) atoms. The summed E-state index contributed by atoms with van der Waals surface area (Å²) < 4.78 is 5.60. The maximum atomic E-state index is 5.60. The first-order chi connectivity index (χ1) is 9.36. The molecule has 1 atom stereocenters. The number of H-pyrrole nitrogens is 1. The minimum absolute atomic E-state index is 0.387. The Kier molecular flexibility index (Phi) is 3.45. The fraction of sp³-hybridized carbons (Fsp3) is 0.583. The Balaban J connectivity index is 1.70. The van der Waals surface area contributed by atoms with Gasteiger partial charge in [0.1, 0.15) is 5.82 Å². The zero-order chi connectivity index (χ0) is 13.1. The number of aromatic amines is 1. The van der Waals surface area contributed by atoms with Crippen molar-refractivity contribution in [3.63, 3.8) is 0 Å². The average molecular weight is 262 g/mol. The van der Waals surface area contributed by atoms with E-state index < -0.39 is 0 Å². The van der Waals surface area contributed by atoms with Gasteiger partial charge < -0.3 is 15.4 Å². The molecule has 0 aromatic carbocycles. The van der Waals surface area contributed by atoms with Crippen molar-refractivity contribution in [2.45, 2.75) is 25.4 Å². The van der Waals surface area contributed by atoms with Crippen LogP contribution in [0.1, 0.15) is 19.3 Å². The summed E-state index contributed by atoms with van der Waals surface area (Å²) in [6, 6.07) is 0. The Bertz CT molecular complexity index is 548. The van der Waals surface area contributed by atoms with Crippen molar-refractivity contribution < 1.29 is 4.74 Å². The second-order valence-electron chi connectivity index (χ2n) is 4.63. The molecule has 0 spiro atoms. The van der Waals surface area contributed by atoms with Crippen molar-refractivity contribution in [2.75, 3.05) is 30.8 Å². The van der Waals surface area contributed by atoms with Gasteiger partial charge in [-0.25, -0.2) is 0 Å². The summed E-state index contributed by atoms with van der Waals surface area (Å²) in [5.41, 5.74) is 0.735. The van der Waals surface area contributed by atoms with Gasteiger partial charge in [0.15, 0.2) is 5.65 Å². The molecule has 2 aromatic rings. The van der Waals surface area contributed by atoms with Crippen LogP contribution in [-0.2, 0) is 4.74 Å². The first kappa shape index (κ1) is 12.2. The molecule has 0 saturated carbocycles. The fourth-order valence-corrected chi connectivity index (χ4v) is 2.31. The van der Waals surface area contributed by atoms with E-state index in [1.807, 2.05) is 0 Å². The quantitative estimate of drug-likeness (QED) is 0.754. The van der Waals surface area contributed by atoms with Crippen LogP contribution in [0.25, 0.3) is 11.0 Å². The minimum Gasteiger partial charge on any atom is -0.378 e. The van der Waals surface area contributed by atoms with Crippen LogP contribution in [-0.4, -0.2) is 46.5 Å². The number of hydrogen-bond donors (Lipinski definition) is 3. The van der Waals surface area contributed by atoms with Crippen LogP contribution in [0.3, 0.4) is 0 Å².